The lowest BCUT2D eigenvalue weighted by molar-refractivity contribution is 0.0733. The third-order valence-corrected chi connectivity index (χ3v) is 3.05. The fourth-order valence-electron chi connectivity index (χ4n) is 1.38. The Morgan fingerprint density at radius 1 is 1.30 bits per heavy atom. The van der Waals surface area contributed by atoms with Gasteiger partial charge in [0, 0.05) is 20.2 Å². The van der Waals surface area contributed by atoms with Gasteiger partial charge in [-0.25, -0.2) is 4.99 Å². The van der Waals surface area contributed by atoms with Crippen molar-refractivity contribution in [2.45, 2.75) is 13.5 Å². The second kappa shape index (κ2) is 13.6. The Morgan fingerprint density at radius 2 is 2.15 bits per heavy atom. The van der Waals surface area contributed by atoms with Crippen molar-refractivity contribution in [1.29, 1.82) is 0 Å². The van der Waals surface area contributed by atoms with Crippen LogP contribution in [0.25, 0.3) is 0 Å². The molecular weight excluding hydrogens is 389 g/mol. The Bertz CT molecular complexity index is 347. The van der Waals surface area contributed by atoms with Crippen molar-refractivity contribution in [3.63, 3.8) is 0 Å². The standard InChI is InChI=1S/C13H23N3O2S.HI/c1-3-14-13(15-5-6-18-8-7-17-2)16-10-12-4-9-19-11-12;/h4,9,11H,3,5-8,10H2,1-2H3,(H2,14,15,16);1H. The maximum Gasteiger partial charge on any atom is 0.191 e. The van der Waals surface area contributed by atoms with Crippen LogP contribution in [0, 0.1) is 0 Å². The molecule has 0 aliphatic heterocycles. The summed E-state index contributed by atoms with van der Waals surface area (Å²) >= 11 is 1.69. The summed E-state index contributed by atoms with van der Waals surface area (Å²) in [5.41, 5.74) is 1.23. The average molecular weight is 413 g/mol. The molecule has 0 unspecified atom stereocenters. The number of aliphatic imine (C=N–C) groups is 1. The van der Waals surface area contributed by atoms with E-state index < -0.39 is 0 Å². The van der Waals surface area contributed by atoms with E-state index in [1.165, 1.54) is 5.56 Å². The molecule has 0 spiro atoms. The summed E-state index contributed by atoms with van der Waals surface area (Å²) in [5, 5.41) is 10.6. The number of halogens is 1. The molecule has 0 amide bonds. The molecule has 0 aliphatic carbocycles. The summed E-state index contributed by atoms with van der Waals surface area (Å²) in [6.07, 6.45) is 0. The molecule has 1 aromatic rings. The maximum atomic E-state index is 5.38. The molecule has 0 saturated carbocycles. The van der Waals surface area contributed by atoms with Gasteiger partial charge in [0.05, 0.1) is 26.4 Å². The van der Waals surface area contributed by atoms with Gasteiger partial charge < -0.3 is 20.1 Å². The van der Waals surface area contributed by atoms with E-state index in [0.29, 0.717) is 26.4 Å². The summed E-state index contributed by atoms with van der Waals surface area (Å²) in [7, 11) is 1.67. The molecule has 0 fully saturated rings. The van der Waals surface area contributed by atoms with Crippen molar-refractivity contribution in [3.8, 4) is 0 Å². The van der Waals surface area contributed by atoms with Crippen LogP contribution in [0.15, 0.2) is 21.8 Å². The van der Waals surface area contributed by atoms with Crippen molar-refractivity contribution in [1.82, 2.24) is 10.6 Å². The zero-order chi connectivity index (χ0) is 13.8. The van der Waals surface area contributed by atoms with Gasteiger partial charge in [-0.05, 0) is 29.3 Å². The van der Waals surface area contributed by atoms with Gasteiger partial charge in [0.1, 0.15) is 0 Å². The van der Waals surface area contributed by atoms with E-state index in [4.69, 9.17) is 9.47 Å². The van der Waals surface area contributed by atoms with E-state index in [2.05, 4.69) is 39.4 Å². The summed E-state index contributed by atoms with van der Waals surface area (Å²) < 4.78 is 10.3. The lowest BCUT2D eigenvalue weighted by Gasteiger charge is -2.11. The van der Waals surface area contributed by atoms with Crippen LogP contribution < -0.4 is 10.6 Å². The monoisotopic (exact) mass is 413 g/mol. The van der Waals surface area contributed by atoms with Gasteiger partial charge in [-0.3, -0.25) is 0 Å². The maximum absolute atomic E-state index is 5.38. The third-order valence-electron chi connectivity index (χ3n) is 2.31. The van der Waals surface area contributed by atoms with E-state index >= 15 is 0 Å². The number of nitrogens with one attached hydrogen (secondary N) is 2. The normalized spacial score (nSPS) is 11.0. The molecule has 1 heterocycles. The first-order chi connectivity index (χ1) is 9.36. The molecule has 116 valence electrons. The van der Waals surface area contributed by atoms with Crippen molar-refractivity contribution in [2.75, 3.05) is 40.0 Å². The predicted octanol–water partition coefficient (Wildman–Crippen LogP) is 2.08. The summed E-state index contributed by atoms with van der Waals surface area (Å²) in [6.45, 7) is 6.23. The zero-order valence-corrected chi connectivity index (χ0v) is 15.2. The summed E-state index contributed by atoms with van der Waals surface area (Å²) in [4.78, 5) is 4.51. The molecule has 2 N–H and O–H groups in total. The number of hydrogen-bond acceptors (Lipinski definition) is 4. The minimum Gasteiger partial charge on any atom is -0.382 e. The van der Waals surface area contributed by atoms with Crippen molar-refractivity contribution >= 4 is 41.3 Å². The molecule has 0 aliphatic rings. The highest BCUT2D eigenvalue weighted by molar-refractivity contribution is 14.0. The minimum atomic E-state index is 0. The highest BCUT2D eigenvalue weighted by atomic mass is 127. The Morgan fingerprint density at radius 3 is 2.80 bits per heavy atom. The van der Waals surface area contributed by atoms with Crippen molar-refractivity contribution in [3.05, 3.63) is 22.4 Å². The molecule has 0 aromatic carbocycles. The smallest absolute Gasteiger partial charge is 0.191 e. The van der Waals surface area contributed by atoms with Gasteiger partial charge >= 0.3 is 0 Å². The first-order valence-electron chi connectivity index (χ1n) is 6.46. The van der Waals surface area contributed by atoms with Crippen LogP contribution in [0.1, 0.15) is 12.5 Å². The molecular formula is C13H24IN3O2S. The van der Waals surface area contributed by atoms with Crippen LogP contribution in [-0.4, -0.2) is 46.0 Å². The summed E-state index contributed by atoms with van der Waals surface area (Å²) in [5.74, 6) is 0.823. The molecule has 5 nitrogen and oxygen atoms in total. The van der Waals surface area contributed by atoms with E-state index in [9.17, 15) is 0 Å². The number of rotatable bonds is 9. The summed E-state index contributed by atoms with van der Waals surface area (Å²) in [6, 6.07) is 2.09. The lowest BCUT2D eigenvalue weighted by Crippen LogP contribution is -2.39. The van der Waals surface area contributed by atoms with Gasteiger partial charge in [-0.2, -0.15) is 11.3 Å². The van der Waals surface area contributed by atoms with Gasteiger partial charge in [0.15, 0.2) is 5.96 Å². The first-order valence-corrected chi connectivity index (χ1v) is 7.41. The van der Waals surface area contributed by atoms with Crippen LogP contribution >= 0.6 is 35.3 Å². The van der Waals surface area contributed by atoms with Crippen LogP contribution in [0.2, 0.25) is 0 Å². The second-order valence-electron chi connectivity index (χ2n) is 3.86. The van der Waals surface area contributed by atoms with E-state index in [0.717, 1.165) is 19.0 Å². The highest BCUT2D eigenvalue weighted by Gasteiger charge is 1.97. The number of thiophene rings is 1. The molecule has 20 heavy (non-hydrogen) atoms. The largest absolute Gasteiger partial charge is 0.382 e. The fourth-order valence-corrected chi connectivity index (χ4v) is 2.04. The van der Waals surface area contributed by atoms with E-state index in [1.807, 2.05) is 0 Å². The Labute approximate surface area is 142 Å². The van der Waals surface area contributed by atoms with Gasteiger partial charge in [-0.1, -0.05) is 0 Å². The molecule has 0 radical (unpaired) electrons. The van der Waals surface area contributed by atoms with Crippen molar-refractivity contribution < 1.29 is 9.47 Å². The first kappa shape index (κ1) is 19.6. The predicted molar refractivity (Wildman–Crippen MR) is 95.2 cm³/mol. The Hall–Kier alpha value is -0.380. The molecule has 1 rings (SSSR count). The van der Waals surface area contributed by atoms with Crippen molar-refractivity contribution in [2.24, 2.45) is 4.99 Å². The number of nitrogens with zero attached hydrogens (tertiary/aromatic N) is 1. The lowest BCUT2D eigenvalue weighted by atomic mass is 10.3. The van der Waals surface area contributed by atoms with Crippen LogP contribution in [0.4, 0.5) is 0 Å². The average Bonchev–Trinajstić information content (AvgIpc) is 2.93. The van der Waals surface area contributed by atoms with Crippen LogP contribution in [-0.2, 0) is 16.0 Å². The molecule has 1 aromatic heterocycles. The van der Waals surface area contributed by atoms with E-state index in [-0.39, 0.29) is 24.0 Å². The zero-order valence-electron chi connectivity index (χ0n) is 12.1. The molecule has 0 bridgehead atoms. The van der Waals surface area contributed by atoms with Gasteiger partial charge in [-0.15, -0.1) is 24.0 Å². The fraction of sp³-hybridized carbons (Fsp3) is 0.615. The Balaban J connectivity index is 0.00000361. The molecule has 0 saturated heterocycles. The molecule has 0 atom stereocenters. The Kier molecular flexibility index (Phi) is 13.3. The van der Waals surface area contributed by atoms with Gasteiger partial charge in [0.25, 0.3) is 0 Å². The third kappa shape index (κ3) is 9.51. The van der Waals surface area contributed by atoms with Crippen LogP contribution in [0.5, 0.6) is 0 Å². The quantitative estimate of drug-likeness (QED) is 0.282. The number of ether oxygens (including phenoxy) is 2. The van der Waals surface area contributed by atoms with E-state index in [1.54, 1.807) is 18.4 Å². The van der Waals surface area contributed by atoms with Crippen LogP contribution in [0.3, 0.4) is 0 Å². The number of methoxy groups -OCH3 is 1. The number of hydrogen-bond donors (Lipinski definition) is 2. The number of guanidine groups is 1. The topological polar surface area (TPSA) is 54.9 Å². The SMILES string of the molecule is CCNC(=NCc1ccsc1)NCCOCCOC.I. The highest BCUT2D eigenvalue weighted by Crippen LogP contribution is 2.06. The minimum absolute atomic E-state index is 0. The van der Waals surface area contributed by atoms with Gasteiger partial charge in [0.2, 0.25) is 0 Å². The molecule has 7 heteroatoms. The second-order valence-corrected chi connectivity index (χ2v) is 4.64.